The van der Waals surface area contributed by atoms with Gasteiger partial charge >= 0.3 is 0 Å². The Morgan fingerprint density at radius 2 is 1.60 bits per heavy atom. The maximum atomic E-state index is 13.5. The van der Waals surface area contributed by atoms with Crippen LogP contribution in [0.25, 0.3) is 11.1 Å². The average molecular weight is 486 g/mol. The Morgan fingerprint density at radius 3 is 2.31 bits per heavy atom. The lowest BCUT2D eigenvalue weighted by molar-refractivity contribution is 0.102. The Balaban J connectivity index is 1.34. The fourth-order valence-electron chi connectivity index (χ4n) is 4.16. The van der Waals surface area contributed by atoms with Crippen molar-refractivity contribution in [2.75, 3.05) is 16.8 Å². The Labute approximate surface area is 204 Å². The van der Waals surface area contributed by atoms with Crippen molar-refractivity contribution in [3.05, 3.63) is 114 Å². The molecule has 5 rings (SSSR count). The van der Waals surface area contributed by atoms with E-state index >= 15 is 0 Å². The topological polar surface area (TPSA) is 84.5 Å². The molecule has 35 heavy (non-hydrogen) atoms. The van der Waals surface area contributed by atoms with Crippen LogP contribution in [0, 0.1) is 5.82 Å². The summed E-state index contributed by atoms with van der Waals surface area (Å²) in [7, 11) is -2.53. The summed E-state index contributed by atoms with van der Waals surface area (Å²) in [6.45, 7) is 0. The zero-order chi connectivity index (χ0) is 24.4. The number of nitrogens with two attached hydrogens (primary N) is 1. The second-order valence-corrected chi connectivity index (χ2v) is 10.8. The molecule has 0 aliphatic carbocycles. The minimum Gasteiger partial charge on any atom is -0.397 e. The summed E-state index contributed by atoms with van der Waals surface area (Å²) in [5.74, 6) is -0.158. The molecule has 0 aromatic heterocycles. The Morgan fingerprint density at radius 1 is 0.914 bits per heavy atom. The van der Waals surface area contributed by atoms with Gasteiger partial charge in [-0.15, -0.1) is 0 Å². The van der Waals surface area contributed by atoms with Crippen molar-refractivity contribution in [3.63, 3.8) is 0 Å². The van der Waals surface area contributed by atoms with Crippen LogP contribution in [-0.2, 0) is 9.73 Å². The van der Waals surface area contributed by atoms with Gasteiger partial charge in [0, 0.05) is 16.2 Å². The van der Waals surface area contributed by atoms with Crippen LogP contribution in [0.5, 0.6) is 0 Å². The summed E-state index contributed by atoms with van der Waals surface area (Å²) < 4.78 is 31.4. The van der Waals surface area contributed by atoms with Crippen molar-refractivity contribution in [3.8, 4) is 11.1 Å². The molecule has 3 N–H and O–H groups in total. The van der Waals surface area contributed by atoms with Gasteiger partial charge in [-0.3, -0.25) is 4.79 Å². The van der Waals surface area contributed by atoms with E-state index in [0.29, 0.717) is 27.6 Å². The van der Waals surface area contributed by atoms with Gasteiger partial charge in [0.05, 0.1) is 27.1 Å². The first-order chi connectivity index (χ1) is 16.9. The smallest absolute Gasteiger partial charge is 0.255 e. The average Bonchev–Trinajstić information content (AvgIpc) is 3.30. The monoisotopic (exact) mass is 485 g/mol. The van der Waals surface area contributed by atoms with Gasteiger partial charge in [0.25, 0.3) is 5.91 Å². The van der Waals surface area contributed by atoms with Crippen LogP contribution in [0.2, 0.25) is 0 Å². The van der Waals surface area contributed by atoms with E-state index < -0.39 is 9.73 Å². The number of carbonyl (C=O) groups is 1. The number of nitrogens with zero attached hydrogens (tertiary/aromatic N) is 1. The molecule has 0 saturated carbocycles. The normalized spacial score (nSPS) is 19.2. The highest BCUT2D eigenvalue weighted by atomic mass is 32.2. The third kappa shape index (κ3) is 4.81. The van der Waals surface area contributed by atoms with Crippen LogP contribution in [0.1, 0.15) is 28.4 Å². The predicted molar refractivity (Wildman–Crippen MR) is 138 cm³/mol. The summed E-state index contributed by atoms with van der Waals surface area (Å²) >= 11 is 0. The molecular weight excluding hydrogens is 461 g/mol. The van der Waals surface area contributed by atoms with E-state index in [2.05, 4.69) is 9.68 Å². The molecule has 1 amide bonds. The molecule has 7 heteroatoms. The number of carbonyl (C=O) groups excluding carboxylic acids is 1. The van der Waals surface area contributed by atoms with Crippen LogP contribution in [0.4, 0.5) is 15.8 Å². The van der Waals surface area contributed by atoms with Crippen molar-refractivity contribution < 1.29 is 13.4 Å². The number of amides is 1. The van der Waals surface area contributed by atoms with Crippen LogP contribution in [-0.4, -0.2) is 15.9 Å². The SMILES string of the molecule is Nc1ccc(-c2ccc(F)cc2)cc1NC(=O)c1ccc(S2(=O)=N[C@@H](c3ccccc3)CC2)cc1. The van der Waals surface area contributed by atoms with Crippen LogP contribution < -0.4 is 11.1 Å². The van der Waals surface area contributed by atoms with E-state index in [1.165, 1.54) is 12.1 Å². The number of rotatable bonds is 5. The maximum Gasteiger partial charge on any atom is 0.255 e. The summed E-state index contributed by atoms with van der Waals surface area (Å²) in [5.41, 5.74) is 10.1. The van der Waals surface area contributed by atoms with Gasteiger partial charge in [-0.25, -0.2) is 13.0 Å². The van der Waals surface area contributed by atoms with E-state index in [4.69, 9.17) is 5.73 Å². The van der Waals surface area contributed by atoms with Crippen LogP contribution in [0.3, 0.4) is 0 Å². The van der Waals surface area contributed by atoms with E-state index in [-0.39, 0.29) is 17.8 Å². The maximum absolute atomic E-state index is 13.5. The second kappa shape index (κ2) is 9.35. The van der Waals surface area contributed by atoms with Gasteiger partial charge in [-0.05, 0) is 71.6 Å². The van der Waals surface area contributed by atoms with Crippen LogP contribution in [0.15, 0.2) is 106 Å². The van der Waals surface area contributed by atoms with Gasteiger partial charge in [-0.1, -0.05) is 48.5 Å². The van der Waals surface area contributed by atoms with Crippen molar-refractivity contribution in [2.24, 2.45) is 4.36 Å². The molecule has 176 valence electrons. The summed E-state index contributed by atoms with van der Waals surface area (Å²) in [5, 5.41) is 2.84. The Bertz CT molecular complexity index is 1490. The molecule has 1 unspecified atom stereocenters. The highest BCUT2D eigenvalue weighted by Crippen LogP contribution is 2.34. The highest BCUT2D eigenvalue weighted by Gasteiger charge is 2.26. The van der Waals surface area contributed by atoms with E-state index in [1.54, 1.807) is 48.5 Å². The summed E-state index contributed by atoms with van der Waals surface area (Å²) in [6.07, 6.45) is 0.731. The number of nitrogen functional groups attached to an aromatic ring is 1. The largest absolute Gasteiger partial charge is 0.397 e. The van der Waals surface area contributed by atoms with Gasteiger partial charge in [0.15, 0.2) is 0 Å². The fourth-order valence-corrected chi connectivity index (χ4v) is 6.37. The molecule has 4 aromatic rings. The third-order valence-electron chi connectivity index (χ3n) is 6.11. The van der Waals surface area contributed by atoms with E-state index in [0.717, 1.165) is 23.1 Å². The molecule has 0 saturated heterocycles. The predicted octanol–water partition coefficient (Wildman–Crippen LogP) is 6.30. The molecule has 0 bridgehead atoms. The van der Waals surface area contributed by atoms with E-state index in [1.807, 2.05) is 36.4 Å². The Kier molecular flexibility index (Phi) is 6.09. The van der Waals surface area contributed by atoms with Crippen molar-refractivity contribution >= 4 is 27.0 Å². The number of benzene rings is 4. The molecule has 1 aliphatic heterocycles. The lowest BCUT2D eigenvalue weighted by Gasteiger charge is -2.11. The zero-order valence-corrected chi connectivity index (χ0v) is 19.7. The number of hydrogen-bond acceptors (Lipinski definition) is 4. The molecular formula is C28H24FN3O2S. The quantitative estimate of drug-likeness (QED) is 0.325. The van der Waals surface area contributed by atoms with Gasteiger partial charge < -0.3 is 11.1 Å². The first-order valence-corrected chi connectivity index (χ1v) is 13.0. The molecule has 4 aromatic carbocycles. The van der Waals surface area contributed by atoms with E-state index in [9.17, 15) is 13.4 Å². The third-order valence-corrected chi connectivity index (χ3v) is 8.51. The fraction of sp³-hybridized carbons (Fsp3) is 0.107. The highest BCUT2D eigenvalue weighted by molar-refractivity contribution is 7.93. The number of halogens is 1. The number of hydrogen-bond donors (Lipinski definition) is 2. The lowest BCUT2D eigenvalue weighted by Crippen LogP contribution is -2.13. The second-order valence-electron chi connectivity index (χ2n) is 8.45. The minimum absolute atomic E-state index is 0.0805. The van der Waals surface area contributed by atoms with Gasteiger partial charge in [0.1, 0.15) is 5.82 Å². The van der Waals surface area contributed by atoms with Crippen LogP contribution >= 0.6 is 0 Å². The lowest BCUT2D eigenvalue weighted by atomic mass is 10.0. The minimum atomic E-state index is -2.53. The van der Waals surface area contributed by atoms with Crippen molar-refractivity contribution in [1.82, 2.24) is 0 Å². The zero-order valence-electron chi connectivity index (χ0n) is 18.9. The molecule has 0 radical (unpaired) electrons. The van der Waals surface area contributed by atoms with Crippen molar-refractivity contribution in [1.29, 1.82) is 0 Å². The first-order valence-electron chi connectivity index (χ1n) is 11.3. The number of anilines is 2. The molecule has 5 nitrogen and oxygen atoms in total. The molecule has 1 heterocycles. The molecule has 1 aliphatic rings. The van der Waals surface area contributed by atoms with Gasteiger partial charge in [0.2, 0.25) is 0 Å². The molecule has 0 spiro atoms. The standard InChI is InChI=1S/C28H24FN3O2S/c29-23-11-6-19(7-12-23)22-10-15-25(30)27(18-22)31-28(33)21-8-13-24(14-9-21)35(34)17-16-26(32-35)20-4-2-1-3-5-20/h1-15,18,26H,16-17,30H2,(H,31,33)/t26-,35?/m1/s1. The molecule has 2 atom stereocenters. The van der Waals surface area contributed by atoms with Crippen molar-refractivity contribution in [2.45, 2.75) is 17.4 Å². The molecule has 0 fully saturated rings. The summed E-state index contributed by atoms with van der Waals surface area (Å²) in [6, 6.07) is 27.9. The summed E-state index contributed by atoms with van der Waals surface area (Å²) in [4.78, 5) is 13.5. The van der Waals surface area contributed by atoms with Gasteiger partial charge in [-0.2, -0.15) is 0 Å². The first kappa shape index (κ1) is 22.8. The Hall–Kier alpha value is -3.97. The number of nitrogens with one attached hydrogen (secondary N) is 1.